The third-order valence-corrected chi connectivity index (χ3v) is 6.45. The second-order valence-corrected chi connectivity index (χ2v) is 7.94. The molecule has 2 rings (SSSR count). The van der Waals surface area contributed by atoms with Gasteiger partial charge in [0.1, 0.15) is 11.5 Å². The minimum Gasteiger partial charge on any atom is -0.497 e. The number of methoxy groups -OCH3 is 3. The van der Waals surface area contributed by atoms with E-state index in [1.54, 1.807) is 32.4 Å². The fourth-order valence-electron chi connectivity index (χ4n) is 2.92. The van der Waals surface area contributed by atoms with Crippen LogP contribution in [0.15, 0.2) is 53.4 Å². The molecule has 0 amide bonds. The van der Waals surface area contributed by atoms with Crippen molar-refractivity contribution in [3.05, 3.63) is 54.1 Å². The number of carbonyl (C=O) groups excluding carboxylic acids is 1. The monoisotopic (exact) mass is 390 g/mol. The van der Waals surface area contributed by atoms with Crippen molar-refractivity contribution in [3.8, 4) is 11.5 Å². The van der Waals surface area contributed by atoms with E-state index in [2.05, 4.69) is 0 Å². The largest absolute Gasteiger partial charge is 0.497 e. The van der Waals surface area contributed by atoms with Crippen molar-refractivity contribution in [2.24, 2.45) is 5.92 Å². The van der Waals surface area contributed by atoms with Gasteiger partial charge < -0.3 is 14.2 Å². The molecule has 0 aliphatic carbocycles. The lowest BCUT2D eigenvalue weighted by molar-refractivity contribution is -0.141. The Balaban J connectivity index is 2.36. The number of rotatable bonds is 9. The van der Waals surface area contributed by atoms with Crippen LogP contribution >= 0.6 is 0 Å². The molecule has 27 heavy (non-hydrogen) atoms. The van der Waals surface area contributed by atoms with Gasteiger partial charge in [-0.15, -0.1) is 0 Å². The van der Waals surface area contributed by atoms with Crippen LogP contribution < -0.4 is 9.47 Å². The van der Waals surface area contributed by atoms with Crippen LogP contribution in [0.1, 0.15) is 18.9 Å². The maximum atomic E-state index is 13.5. The summed E-state index contributed by atoms with van der Waals surface area (Å²) in [7, 11) is 3.10. The highest BCUT2D eigenvalue weighted by atomic mass is 32.2. The smallest absolute Gasteiger partial charge is 0.305 e. The van der Waals surface area contributed by atoms with Crippen LogP contribution in [0.2, 0.25) is 0 Å². The maximum Gasteiger partial charge on any atom is 0.305 e. The fraction of sp³-hybridized carbons (Fsp3) is 0.381. The Morgan fingerprint density at radius 1 is 1.04 bits per heavy atom. The van der Waals surface area contributed by atoms with Gasteiger partial charge in [0, 0.05) is 17.7 Å². The second-order valence-electron chi connectivity index (χ2n) is 6.30. The Bertz CT molecular complexity index is 775. The molecule has 3 atom stereocenters. The van der Waals surface area contributed by atoms with Gasteiger partial charge in [0.25, 0.3) is 0 Å². The average molecular weight is 391 g/mol. The molecular formula is C21H26O5S. The molecule has 0 bridgehead atoms. The van der Waals surface area contributed by atoms with Gasteiger partial charge in [-0.2, -0.15) is 0 Å². The van der Waals surface area contributed by atoms with Crippen LogP contribution in [0, 0.1) is 5.92 Å². The van der Waals surface area contributed by atoms with Crippen LogP contribution in [-0.4, -0.2) is 36.8 Å². The van der Waals surface area contributed by atoms with Gasteiger partial charge in [-0.25, -0.2) is 0 Å². The van der Waals surface area contributed by atoms with Crippen molar-refractivity contribution < 1.29 is 23.2 Å². The van der Waals surface area contributed by atoms with Crippen molar-refractivity contribution in [2.75, 3.05) is 21.3 Å². The summed E-state index contributed by atoms with van der Waals surface area (Å²) < 4.78 is 28.9. The highest BCUT2D eigenvalue weighted by Gasteiger charge is 2.29. The SMILES string of the molecule is COC(=O)CC(C)C(Cc1ccccc1)S(=O)c1ccc(OC)cc1OC. The normalized spacial score (nSPS) is 14.1. The van der Waals surface area contributed by atoms with Gasteiger partial charge in [-0.3, -0.25) is 9.00 Å². The van der Waals surface area contributed by atoms with E-state index in [0.717, 1.165) is 5.56 Å². The molecule has 0 aliphatic heterocycles. The number of benzene rings is 2. The molecule has 0 aromatic heterocycles. The molecule has 0 N–H and O–H groups in total. The van der Waals surface area contributed by atoms with Crippen LogP contribution in [0.25, 0.3) is 0 Å². The number of hydrogen-bond donors (Lipinski definition) is 0. The van der Waals surface area contributed by atoms with Crippen LogP contribution in [0.3, 0.4) is 0 Å². The van der Waals surface area contributed by atoms with Gasteiger partial charge in [0.05, 0.1) is 37.0 Å². The summed E-state index contributed by atoms with van der Waals surface area (Å²) in [5, 5.41) is -0.270. The molecule has 0 saturated carbocycles. The first-order valence-corrected chi connectivity index (χ1v) is 9.94. The summed E-state index contributed by atoms with van der Waals surface area (Å²) in [6, 6.07) is 15.1. The van der Waals surface area contributed by atoms with Crippen molar-refractivity contribution in [1.82, 2.24) is 0 Å². The van der Waals surface area contributed by atoms with Gasteiger partial charge in [0.15, 0.2) is 0 Å². The summed E-state index contributed by atoms with van der Waals surface area (Å²) in [5.74, 6) is 0.704. The van der Waals surface area contributed by atoms with Gasteiger partial charge >= 0.3 is 5.97 Å². The molecule has 2 aromatic carbocycles. The molecule has 0 saturated heterocycles. The summed E-state index contributed by atoms with van der Waals surface area (Å²) >= 11 is 0. The molecule has 5 nitrogen and oxygen atoms in total. The third-order valence-electron chi connectivity index (χ3n) is 4.49. The van der Waals surface area contributed by atoms with Crippen molar-refractivity contribution in [3.63, 3.8) is 0 Å². The first-order chi connectivity index (χ1) is 13.0. The summed E-state index contributed by atoms with van der Waals surface area (Å²) in [6.07, 6.45) is 0.791. The zero-order valence-electron chi connectivity index (χ0n) is 16.1. The van der Waals surface area contributed by atoms with Crippen LogP contribution in [-0.2, 0) is 26.8 Å². The lowest BCUT2D eigenvalue weighted by Gasteiger charge is -2.24. The second kappa shape index (κ2) is 10.1. The highest BCUT2D eigenvalue weighted by Crippen LogP contribution is 2.32. The van der Waals surface area contributed by atoms with Gasteiger partial charge in [-0.05, 0) is 30.0 Å². The highest BCUT2D eigenvalue weighted by molar-refractivity contribution is 7.85. The lowest BCUT2D eigenvalue weighted by Crippen LogP contribution is -2.29. The predicted molar refractivity (Wildman–Crippen MR) is 106 cm³/mol. The third kappa shape index (κ3) is 5.57. The molecule has 6 heteroatoms. The average Bonchev–Trinajstić information content (AvgIpc) is 2.71. The maximum absolute atomic E-state index is 13.5. The zero-order valence-corrected chi connectivity index (χ0v) is 17.0. The van der Waals surface area contributed by atoms with E-state index >= 15 is 0 Å². The molecule has 0 radical (unpaired) electrons. The topological polar surface area (TPSA) is 61.8 Å². The van der Waals surface area contributed by atoms with E-state index in [-0.39, 0.29) is 23.6 Å². The Hall–Kier alpha value is -2.34. The minimum atomic E-state index is -1.38. The molecular weight excluding hydrogens is 364 g/mol. The number of esters is 1. The van der Waals surface area contributed by atoms with Crippen LogP contribution in [0.5, 0.6) is 11.5 Å². The Morgan fingerprint density at radius 3 is 2.33 bits per heavy atom. The summed E-state index contributed by atoms with van der Waals surface area (Å²) in [5.41, 5.74) is 1.07. The molecule has 2 aromatic rings. The summed E-state index contributed by atoms with van der Waals surface area (Å²) in [4.78, 5) is 12.4. The first-order valence-electron chi connectivity index (χ1n) is 8.73. The Morgan fingerprint density at radius 2 is 1.74 bits per heavy atom. The molecule has 3 unspecified atom stereocenters. The van der Waals surface area contributed by atoms with Crippen molar-refractivity contribution >= 4 is 16.8 Å². The molecule has 0 aliphatic rings. The lowest BCUT2D eigenvalue weighted by atomic mass is 9.97. The number of ether oxygens (including phenoxy) is 3. The minimum absolute atomic E-state index is 0.134. The van der Waals surface area contributed by atoms with Crippen LogP contribution in [0.4, 0.5) is 0 Å². The Kier molecular flexibility index (Phi) is 7.85. The van der Waals surface area contributed by atoms with Gasteiger partial charge in [0.2, 0.25) is 0 Å². The molecule has 0 spiro atoms. The van der Waals surface area contributed by atoms with Crippen molar-refractivity contribution in [1.29, 1.82) is 0 Å². The standard InChI is InChI=1S/C21H26O5S/c1-15(12-21(22)26-4)20(13-16-8-6-5-7-9-16)27(23)19-11-10-17(24-2)14-18(19)25-3/h5-11,14-15,20H,12-13H2,1-4H3. The van der Waals surface area contributed by atoms with E-state index in [1.807, 2.05) is 37.3 Å². The van der Waals surface area contributed by atoms with E-state index in [0.29, 0.717) is 22.8 Å². The predicted octanol–water partition coefficient (Wildman–Crippen LogP) is 3.62. The summed E-state index contributed by atoms with van der Waals surface area (Å²) in [6.45, 7) is 1.93. The quantitative estimate of drug-likeness (QED) is 0.612. The zero-order chi connectivity index (χ0) is 19.8. The molecule has 146 valence electrons. The first kappa shape index (κ1) is 21.0. The fourth-order valence-corrected chi connectivity index (χ4v) is 4.65. The van der Waals surface area contributed by atoms with E-state index in [1.165, 1.54) is 7.11 Å². The van der Waals surface area contributed by atoms with E-state index in [9.17, 15) is 9.00 Å². The molecule has 0 heterocycles. The molecule has 0 fully saturated rings. The Labute approximate surface area is 163 Å². The van der Waals surface area contributed by atoms with Gasteiger partial charge in [-0.1, -0.05) is 37.3 Å². The van der Waals surface area contributed by atoms with E-state index in [4.69, 9.17) is 14.2 Å². The van der Waals surface area contributed by atoms with Crippen molar-refractivity contribution in [2.45, 2.75) is 29.9 Å². The number of hydrogen-bond acceptors (Lipinski definition) is 5. The number of carbonyl (C=O) groups is 1. The van der Waals surface area contributed by atoms with E-state index < -0.39 is 10.8 Å².